The molecule has 0 radical (unpaired) electrons. The molecule has 4 N–H and O–H groups in total. The van der Waals surface area contributed by atoms with Crippen LogP contribution >= 0.6 is 0 Å². The van der Waals surface area contributed by atoms with Gasteiger partial charge >= 0.3 is 6.09 Å². The van der Waals surface area contributed by atoms with Crippen molar-refractivity contribution in [2.75, 3.05) is 0 Å². The van der Waals surface area contributed by atoms with Gasteiger partial charge in [-0.15, -0.1) is 0 Å². The van der Waals surface area contributed by atoms with Gasteiger partial charge in [0, 0.05) is 0 Å². The third-order valence-electron chi connectivity index (χ3n) is 3.31. The first-order chi connectivity index (χ1) is 11.3. The van der Waals surface area contributed by atoms with Crippen LogP contribution in [-0.2, 0) is 20.9 Å². The van der Waals surface area contributed by atoms with Crippen molar-refractivity contribution in [3.8, 4) is 0 Å². The Kier molecular flexibility index (Phi) is 7.74. The highest BCUT2D eigenvalue weighted by Crippen LogP contribution is 2.07. The lowest BCUT2D eigenvalue weighted by Crippen LogP contribution is -2.52. The highest BCUT2D eigenvalue weighted by molar-refractivity contribution is 5.90. The summed E-state index contributed by atoms with van der Waals surface area (Å²) in [6.07, 6.45) is -0.274. The van der Waals surface area contributed by atoms with Crippen LogP contribution in [0.4, 0.5) is 4.79 Å². The van der Waals surface area contributed by atoms with E-state index in [0.29, 0.717) is 6.42 Å². The summed E-state index contributed by atoms with van der Waals surface area (Å²) in [7, 11) is 0. The number of alkyl carbamates (subject to hydrolysis) is 1. The van der Waals surface area contributed by atoms with Gasteiger partial charge < -0.3 is 21.1 Å². The first kappa shape index (κ1) is 19.5. The molecule has 0 aromatic heterocycles. The molecular weight excluding hydrogens is 310 g/mol. The SMILES string of the molecule is CC(C)C[C@H](NC(=O)OCc1ccccc1)C(=O)N[C@@H](C)C(N)=O. The number of hydrogen-bond donors (Lipinski definition) is 3. The van der Waals surface area contributed by atoms with Crippen LogP contribution in [0.25, 0.3) is 0 Å². The topological polar surface area (TPSA) is 111 Å². The molecule has 24 heavy (non-hydrogen) atoms. The maximum atomic E-state index is 12.2. The minimum absolute atomic E-state index is 0.111. The van der Waals surface area contributed by atoms with E-state index in [4.69, 9.17) is 10.5 Å². The second kappa shape index (κ2) is 9.54. The van der Waals surface area contributed by atoms with Crippen molar-refractivity contribution < 1.29 is 19.1 Å². The summed E-state index contributed by atoms with van der Waals surface area (Å²) in [6, 6.07) is 7.62. The van der Waals surface area contributed by atoms with E-state index in [-0.39, 0.29) is 12.5 Å². The van der Waals surface area contributed by atoms with Crippen molar-refractivity contribution in [2.45, 2.75) is 45.9 Å². The summed E-state index contributed by atoms with van der Waals surface area (Å²) in [5.41, 5.74) is 5.98. The Bertz CT molecular complexity index is 560. The molecule has 0 fully saturated rings. The molecule has 7 nitrogen and oxygen atoms in total. The van der Waals surface area contributed by atoms with Gasteiger partial charge in [0.25, 0.3) is 0 Å². The molecule has 7 heteroatoms. The van der Waals surface area contributed by atoms with Crippen LogP contribution in [0.3, 0.4) is 0 Å². The summed E-state index contributed by atoms with van der Waals surface area (Å²) in [5.74, 6) is -0.941. The van der Waals surface area contributed by atoms with Crippen molar-refractivity contribution in [2.24, 2.45) is 11.7 Å². The minimum Gasteiger partial charge on any atom is -0.445 e. The lowest BCUT2D eigenvalue weighted by Gasteiger charge is -2.21. The zero-order chi connectivity index (χ0) is 18.1. The largest absolute Gasteiger partial charge is 0.445 e. The predicted octanol–water partition coefficient (Wildman–Crippen LogP) is 1.32. The lowest BCUT2D eigenvalue weighted by molar-refractivity contribution is -0.128. The molecule has 0 saturated carbocycles. The number of ether oxygens (including phenoxy) is 1. The van der Waals surface area contributed by atoms with Crippen molar-refractivity contribution in [1.29, 1.82) is 0 Å². The number of rotatable bonds is 8. The summed E-state index contributed by atoms with van der Waals surface area (Å²) >= 11 is 0. The van der Waals surface area contributed by atoms with Gasteiger partial charge in [-0.1, -0.05) is 44.2 Å². The van der Waals surface area contributed by atoms with Crippen LogP contribution in [0.15, 0.2) is 30.3 Å². The Morgan fingerprint density at radius 1 is 1.08 bits per heavy atom. The molecule has 0 unspecified atom stereocenters. The summed E-state index contributed by atoms with van der Waals surface area (Å²) in [4.78, 5) is 35.2. The zero-order valence-corrected chi connectivity index (χ0v) is 14.2. The van der Waals surface area contributed by atoms with E-state index in [0.717, 1.165) is 5.56 Å². The molecular formula is C17H25N3O4. The van der Waals surface area contributed by atoms with Gasteiger partial charge in [0.05, 0.1) is 0 Å². The number of carbonyl (C=O) groups excluding carboxylic acids is 3. The first-order valence-electron chi connectivity index (χ1n) is 7.86. The molecule has 0 bridgehead atoms. The number of primary amides is 1. The van der Waals surface area contributed by atoms with Gasteiger partial charge in [-0.3, -0.25) is 9.59 Å². The van der Waals surface area contributed by atoms with Crippen LogP contribution in [0.5, 0.6) is 0 Å². The van der Waals surface area contributed by atoms with Gasteiger partial charge in [-0.25, -0.2) is 4.79 Å². The molecule has 0 aliphatic heterocycles. The van der Waals surface area contributed by atoms with Crippen LogP contribution in [0.2, 0.25) is 0 Å². The van der Waals surface area contributed by atoms with Gasteiger partial charge in [0.15, 0.2) is 0 Å². The molecule has 0 saturated heterocycles. The van der Waals surface area contributed by atoms with E-state index >= 15 is 0 Å². The zero-order valence-electron chi connectivity index (χ0n) is 14.2. The highest BCUT2D eigenvalue weighted by atomic mass is 16.5. The highest BCUT2D eigenvalue weighted by Gasteiger charge is 2.25. The van der Waals surface area contributed by atoms with Crippen LogP contribution in [0.1, 0.15) is 32.8 Å². The Balaban J connectivity index is 2.59. The second-order valence-electron chi connectivity index (χ2n) is 6.02. The molecule has 2 atom stereocenters. The minimum atomic E-state index is -0.811. The standard InChI is InChI=1S/C17H25N3O4/c1-11(2)9-14(16(22)19-12(3)15(18)21)20-17(23)24-10-13-7-5-4-6-8-13/h4-8,11-12,14H,9-10H2,1-3H3,(H2,18,21)(H,19,22)(H,20,23)/t12-,14-/m0/s1. The van der Waals surface area contributed by atoms with E-state index in [9.17, 15) is 14.4 Å². The van der Waals surface area contributed by atoms with Crippen molar-refractivity contribution >= 4 is 17.9 Å². The van der Waals surface area contributed by atoms with Crippen LogP contribution in [-0.4, -0.2) is 30.0 Å². The van der Waals surface area contributed by atoms with E-state index < -0.39 is 30.0 Å². The molecule has 0 aliphatic rings. The third-order valence-corrected chi connectivity index (χ3v) is 3.31. The van der Waals surface area contributed by atoms with Crippen molar-refractivity contribution in [1.82, 2.24) is 10.6 Å². The molecule has 132 valence electrons. The fourth-order valence-electron chi connectivity index (χ4n) is 2.00. The quantitative estimate of drug-likeness (QED) is 0.665. The third kappa shape index (κ3) is 7.13. The normalized spacial score (nSPS) is 13.0. The average molecular weight is 335 g/mol. The number of carbonyl (C=O) groups is 3. The van der Waals surface area contributed by atoms with E-state index in [1.165, 1.54) is 6.92 Å². The van der Waals surface area contributed by atoms with E-state index in [1.807, 2.05) is 44.2 Å². The Labute approximate surface area is 141 Å². The smallest absolute Gasteiger partial charge is 0.408 e. The summed E-state index contributed by atoms with van der Waals surface area (Å²) in [6.45, 7) is 5.45. The fraction of sp³-hybridized carbons (Fsp3) is 0.471. The number of benzene rings is 1. The first-order valence-corrected chi connectivity index (χ1v) is 7.86. The second-order valence-corrected chi connectivity index (χ2v) is 6.02. The number of nitrogens with two attached hydrogens (primary N) is 1. The van der Waals surface area contributed by atoms with Crippen molar-refractivity contribution in [3.05, 3.63) is 35.9 Å². The van der Waals surface area contributed by atoms with E-state index in [2.05, 4.69) is 10.6 Å². The summed E-state index contributed by atoms with van der Waals surface area (Å²) in [5, 5.41) is 5.02. The average Bonchev–Trinajstić information content (AvgIpc) is 2.52. The Morgan fingerprint density at radius 2 is 1.71 bits per heavy atom. The Hall–Kier alpha value is -2.57. The molecule has 1 rings (SSSR count). The number of amides is 3. The molecule has 3 amide bonds. The number of hydrogen-bond acceptors (Lipinski definition) is 4. The molecule has 1 aromatic carbocycles. The fourth-order valence-corrected chi connectivity index (χ4v) is 2.00. The Morgan fingerprint density at radius 3 is 2.25 bits per heavy atom. The van der Waals surface area contributed by atoms with Gasteiger partial charge in [0.1, 0.15) is 18.7 Å². The maximum Gasteiger partial charge on any atom is 0.408 e. The van der Waals surface area contributed by atoms with Gasteiger partial charge in [-0.05, 0) is 24.8 Å². The lowest BCUT2D eigenvalue weighted by atomic mass is 10.0. The monoisotopic (exact) mass is 335 g/mol. The summed E-state index contributed by atoms with van der Waals surface area (Å²) < 4.78 is 5.12. The molecule has 1 aromatic rings. The van der Waals surface area contributed by atoms with Crippen molar-refractivity contribution in [3.63, 3.8) is 0 Å². The predicted molar refractivity (Wildman–Crippen MR) is 89.8 cm³/mol. The maximum absolute atomic E-state index is 12.2. The van der Waals surface area contributed by atoms with Crippen LogP contribution in [0, 0.1) is 5.92 Å². The van der Waals surface area contributed by atoms with Crippen LogP contribution < -0.4 is 16.4 Å². The molecule has 0 spiro atoms. The van der Waals surface area contributed by atoms with Gasteiger partial charge in [0.2, 0.25) is 11.8 Å². The van der Waals surface area contributed by atoms with Gasteiger partial charge in [-0.2, -0.15) is 0 Å². The molecule has 0 heterocycles. The molecule has 0 aliphatic carbocycles. The number of nitrogens with one attached hydrogen (secondary N) is 2. The van der Waals surface area contributed by atoms with E-state index in [1.54, 1.807) is 0 Å².